The van der Waals surface area contributed by atoms with E-state index >= 15 is 0 Å². The van der Waals surface area contributed by atoms with Crippen LogP contribution < -0.4 is 5.73 Å². The maximum Gasteiger partial charge on any atom is 0.0677 e. The highest BCUT2D eigenvalue weighted by Gasteiger charge is 2.47. The fourth-order valence-corrected chi connectivity index (χ4v) is 4.78. The number of benzene rings is 3. The van der Waals surface area contributed by atoms with Crippen LogP contribution in [0.3, 0.4) is 0 Å². The Labute approximate surface area is 154 Å². The average Bonchev–Trinajstić information content (AvgIpc) is 3.00. The zero-order valence-electron chi connectivity index (χ0n) is 14.7. The lowest BCUT2D eigenvalue weighted by Gasteiger charge is -2.36. The largest absolute Gasteiger partial charge is 0.399 e. The van der Waals surface area contributed by atoms with Gasteiger partial charge in [0.25, 0.3) is 0 Å². The molecule has 3 aromatic carbocycles. The van der Waals surface area contributed by atoms with E-state index in [9.17, 15) is 0 Å². The fraction of sp³-hybridized carbons (Fsp3) is 0.120. The Morgan fingerprint density at radius 1 is 0.769 bits per heavy atom. The maximum absolute atomic E-state index is 6.26. The number of hydrogen-bond donors (Lipinski definition) is 1. The fourth-order valence-electron chi connectivity index (χ4n) is 4.78. The third-order valence-electron chi connectivity index (χ3n) is 5.77. The van der Waals surface area contributed by atoms with Crippen LogP contribution >= 0.6 is 0 Å². The Balaban J connectivity index is 1.95. The van der Waals surface area contributed by atoms with Crippen molar-refractivity contribution in [1.82, 2.24) is 0 Å². The zero-order valence-corrected chi connectivity index (χ0v) is 14.7. The molecule has 0 saturated carbocycles. The van der Waals surface area contributed by atoms with Gasteiger partial charge in [0, 0.05) is 5.69 Å². The van der Waals surface area contributed by atoms with Crippen LogP contribution in [-0.2, 0) is 5.41 Å². The van der Waals surface area contributed by atoms with Crippen molar-refractivity contribution in [3.63, 3.8) is 0 Å². The number of nitrogens with two attached hydrogens (primary N) is 1. The first-order valence-corrected chi connectivity index (χ1v) is 9.23. The molecule has 0 radical (unpaired) electrons. The lowest BCUT2D eigenvalue weighted by Crippen LogP contribution is -2.30. The van der Waals surface area contributed by atoms with Gasteiger partial charge in [-0.3, -0.25) is 0 Å². The SMILES string of the molecule is Nc1ccc2c(c1)C(c1ccccc1)(c1ccccc1)C1=C2C=CCC1. The van der Waals surface area contributed by atoms with Gasteiger partial charge in [-0.2, -0.15) is 0 Å². The summed E-state index contributed by atoms with van der Waals surface area (Å²) in [6.45, 7) is 0. The first-order chi connectivity index (χ1) is 12.8. The van der Waals surface area contributed by atoms with Gasteiger partial charge in [-0.05, 0) is 58.4 Å². The van der Waals surface area contributed by atoms with Crippen molar-refractivity contribution in [3.05, 3.63) is 119 Å². The molecule has 2 aliphatic carbocycles. The summed E-state index contributed by atoms with van der Waals surface area (Å²) < 4.78 is 0. The van der Waals surface area contributed by atoms with Gasteiger partial charge >= 0.3 is 0 Å². The second-order valence-corrected chi connectivity index (χ2v) is 7.12. The van der Waals surface area contributed by atoms with Gasteiger partial charge in [0.15, 0.2) is 0 Å². The van der Waals surface area contributed by atoms with Crippen molar-refractivity contribution in [3.8, 4) is 0 Å². The molecule has 1 nitrogen and oxygen atoms in total. The predicted molar refractivity (Wildman–Crippen MR) is 109 cm³/mol. The molecule has 0 saturated heterocycles. The van der Waals surface area contributed by atoms with Gasteiger partial charge in [-0.15, -0.1) is 0 Å². The summed E-state index contributed by atoms with van der Waals surface area (Å²) in [6.07, 6.45) is 6.76. The first kappa shape index (κ1) is 15.2. The predicted octanol–water partition coefficient (Wildman–Crippen LogP) is 5.72. The van der Waals surface area contributed by atoms with Crippen LogP contribution in [0.5, 0.6) is 0 Å². The Morgan fingerprint density at radius 2 is 1.42 bits per heavy atom. The molecule has 2 N–H and O–H groups in total. The van der Waals surface area contributed by atoms with Crippen molar-refractivity contribution in [2.45, 2.75) is 18.3 Å². The number of nitrogen functional groups attached to an aromatic ring is 1. The Hall–Kier alpha value is -3.06. The van der Waals surface area contributed by atoms with Crippen LogP contribution in [0.15, 0.2) is 96.6 Å². The summed E-state index contributed by atoms with van der Waals surface area (Å²) in [4.78, 5) is 0. The van der Waals surface area contributed by atoms with Crippen LogP contribution in [0, 0.1) is 0 Å². The number of allylic oxidation sites excluding steroid dienone is 4. The van der Waals surface area contributed by atoms with E-state index in [-0.39, 0.29) is 5.41 Å². The molecule has 1 heteroatoms. The number of hydrogen-bond acceptors (Lipinski definition) is 1. The molecule has 0 atom stereocenters. The van der Waals surface area contributed by atoms with E-state index in [1.807, 2.05) is 6.07 Å². The zero-order chi connectivity index (χ0) is 17.6. The summed E-state index contributed by atoms with van der Waals surface area (Å²) in [5.74, 6) is 0. The van der Waals surface area contributed by atoms with Crippen LogP contribution in [0.4, 0.5) is 5.69 Å². The smallest absolute Gasteiger partial charge is 0.0677 e. The van der Waals surface area contributed by atoms with Gasteiger partial charge in [0.05, 0.1) is 5.41 Å². The van der Waals surface area contributed by atoms with Gasteiger partial charge < -0.3 is 5.73 Å². The Morgan fingerprint density at radius 3 is 2.08 bits per heavy atom. The second-order valence-electron chi connectivity index (χ2n) is 7.12. The van der Waals surface area contributed by atoms with Crippen LogP contribution in [0.25, 0.3) is 5.57 Å². The van der Waals surface area contributed by atoms with Crippen LogP contribution in [-0.4, -0.2) is 0 Å². The topological polar surface area (TPSA) is 26.0 Å². The molecule has 26 heavy (non-hydrogen) atoms. The standard InChI is InChI=1S/C25H21N/c26-20-15-16-22-21-13-7-8-14-23(21)25(24(22)17-20,18-9-3-1-4-10-18)19-11-5-2-6-12-19/h1-7,9-13,15-17H,8,14,26H2. The van der Waals surface area contributed by atoms with Crippen molar-refractivity contribution in [2.75, 3.05) is 5.73 Å². The number of rotatable bonds is 2. The summed E-state index contributed by atoms with van der Waals surface area (Å²) >= 11 is 0. The van der Waals surface area contributed by atoms with Gasteiger partial charge in [0.2, 0.25) is 0 Å². The lowest BCUT2D eigenvalue weighted by atomic mass is 9.65. The minimum absolute atomic E-state index is 0.257. The molecular weight excluding hydrogens is 314 g/mol. The Bertz CT molecular complexity index is 987. The number of fused-ring (bicyclic) bond motifs is 2. The number of anilines is 1. The van der Waals surface area contributed by atoms with E-state index in [1.54, 1.807) is 0 Å². The highest BCUT2D eigenvalue weighted by Crippen LogP contribution is 2.57. The van der Waals surface area contributed by atoms with Gasteiger partial charge in [-0.1, -0.05) is 78.9 Å². The Kier molecular flexibility index (Phi) is 3.36. The molecule has 0 amide bonds. The average molecular weight is 335 g/mol. The third-order valence-corrected chi connectivity index (χ3v) is 5.77. The van der Waals surface area contributed by atoms with Crippen LogP contribution in [0.2, 0.25) is 0 Å². The van der Waals surface area contributed by atoms with E-state index in [0.29, 0.717) is 0 Å². The van der Waals surface area contributed by atoms with E-state index < -0.39 is 0 Å². The maximum atomic E-state index is 6.26. The summed E-state index contributed by atoms with van der Waals surface area (Å²) in [6, 6.07) is 28.2. The molecule has 0 aromatic heterocycles. The molecule has 3 aromatic rings. The minimum Gasteiger partial charge on any atom is -0.399 e. The summed E-state index contributed by atoms with van der Waals surface area (Å²) in [5.41, 5.74) is 15.0. The monoisotopic (exact) mass is 335 g/mol. The van der Waals surface area contributed by atoms with E-state index in [4.69, 9.17) is 5.73 Å². The highest BCUT2D eigenvalue weighted by atomic mass is 14.6. The molecule has 0 heterocycles. The minimum atomic E-state index is -0.257. The molecule has 0 aliphatic heterocycles. The highest BCUT2D eigenvalue weighted by molar-refractivity contribution is 5.91. The first-order valence-electron chi connectivity index (χ1n) is 9.23. The van der Waals surface area contributed by atoms with Crippen LogP contribution in [0.1, 0.15) is 35.1 Å². The molecule has 0 unspecified atom stereocenters. The molecule has 5 rings (SSSR count). The molecular formula is C25H21N. The lowest BCUT2D eigenvalue weighted by molar-refractivity contribution is 0.697. The van der Waals surface area contributed by atoms with Crippen molar-refractivity contribution >= 4 is 11.3 Å². The normalized spacial score (nSPS) is 17.1. The van der Waals surface area contributed by atoms with Crippen molar-refractivity contribution < 1.29 is 0 Å². The van der Waals surface area contributed by atoms with Crippen molar-refractivity contribution in [2.24, 2.45) is 0 Å². The van der Waals surface area contributed by atoms with Gasteiger partial charge in [0.1, 0.15) is 0 Å². The third kappa shape index (κ3) is 1.97. The van der Waals surface area contributed by atoms with Gasteiger partial charge in [-0.25, -0.2) is 0 Å². The second kappa shape index (κ2) is 5.74. The molecule has 0 bridgehead atoms. The molecule has 126 valence electrons. The summed E-state index contributed by atoms with van der Waals surface area (Å²) in [5, 5.41) is 0. The molecule has 0 spiro atoms. The van der Waals surface area contributed by atoms with E-state index in [2.05, 4.69) is 84.9 Å². The van der Waals surface area contributed by atoms with Crippen molar-refractivity contribution in [1.29, 1.82) is 0 Å². The van der Waals surface area contributed by atoms with E-state index in [0.717, 1.165) is 18.5 Å². The summed E-state index contributed by atoms with van der Waals surface area (Å²) in [7, 11) is 0. The molecule has 2 aliphatic rings. The van der Waals surface area contributed by atoms with E-state index in [1.165, 1.54) is 33.4 Å². The quantitative estimate of drug-likeness (QED) is 0.595. The molecule has 0 fully saturated rings.